The van der Waals surface area contributed by atoms with Crippen LogP contribution in [0.25, 0.3) is 0 Å². The number of amides is 2. The molecule has 1 N–H and O–H groups in total. The Hall–Kier alpha value is -2.75. The molecule has 0 bridgehead atoms. The number of halogens is 2. The van der Waals surface area contributed by atoms with Crippen molar-refractivity contribution in [1.29, 1.82) is 0 Å². The third-order valence-electron chi connectivity index (χ3n) is 4.74. The van der Waals surface area contributed by atoms with Crippen LogP contribution in [0.2, 0.25) is 0 Å². The van der Waals surface area contributed by atoms with E-state index in [4.69, 9.17) is 9.47 Å². The fourth-order valence-corrected chi connectivity index (χ4v) is 3.33. The van der Waals surface area contributed by atoms with Gasteiger partial charge in [0.15, 0.2) is 0 Å². The van der Waals surface area contributed by atoms with Crippen molar-refractivity contribution in [1.82, 2.24) is 10.2 Å². The molecule has 0 radical (unpaired) electrons. The Balaban J connectivity index is 2.15. The molecule has 1 fully saturated rings. The van der Waals surface area contributed by atoms with Crippen LogP contribution in [0.5, 0.6) is 0 Å². The first-order valence-electron chi connectivity index (χ1n) is 9.60. The smallest absolute Gasteiger partial charge is 0.324 e. The van der Waals surface area contributed by atoms with Gasteiger partial charge in [0.1, 0.15) is 23.7 Å². The molecule has 1 heterocycles. The van der Waals surface area contributed by atoms with Crippen LogP contribution in [0.15, 0.2) is 18.2 Å². The van der Waals surface area contributed by atoms with E-state index in [0.29, 0.717) is 6.42 Å². The summed E-state index contributed by atoms with van der Waals surface area (Å²) in [5, 5.41) is 2.93. The van der Waals surface area contributed by atoms with Gasteiger partial charge in [-0.3, -0.25) is 19.8 Å². The highest BCUT2D eigenvalue weighted by Gasteiger charge is 2.35. The van der Waals surface area contributed by atoms with Gasteiger partial charge in [0, 0.05) is 25.7 Å². The van der Waals surface area contributed by atoms with Gasteiger partial charge in [-0.2, -0.15) is 0 Å². The van der Waals surface area contributed by atoms with Crippen LogP contribution in [0, 0.1) is 17.6 Å². The van der Waals surface area contributed by atoms with Gasteiger partial charge in [0.25, 0.3) is 0 Å². The summed E-state index contributed by atoms with van der Waals surface area (Å²) in [7, 11) is 2.46. The fourth-order valence-electron chi connectivity index (χ4n) is 3.33. The molecule has 1 aliphatic heterocycles. The number of esters is 2. The number of hydrogen-bond donors (Lipinski definition) is 1. The van der Waals surface area contributed by atoms with Crippen LogP contribution in [0.1, 0.15) is 20.3 Å². The number of benzene rings is 1. The Morgan fingerprint density at radius 3 is 2.13 bits per heavy atom. The SMILES string of the molecule is COC(=O)[C@H](CC(C)C)N[C@@H](CN1CCN(c2cc(F)cc(F)c2)C1=O)C(=O)OC. The van der Waals surface area contributed by atoms with E-state index in [1.807, 2.05) is 13.8 Å². The van der Waals surface area contributed by atoms with Crippen LogP contribution >= 0.6 is 0 Å². The third-order valence-corrected chi connectivity index (χ3v) is 4.74. The lowest BCUT2D eigenvalue weighted by Gasteiger charge is -2.27. The highest BCUT2D eigenvalue weighted by molar-refractivity contribution is 5.94. The third kappa shape index (κ3) is 5.88. The number of methoxy groups -OCH3 is 2. The Morgan fingerprint density at radius 2 is 1.60 bits per heavy atom. The molecule has 0 aromatic heterocycles. The summed E-state index contributed by atoms with van der Waals surface area (Å²) in [4.78, 5) is 39.7. The van der Waals surface area contributed by atoms with E-state index in [1.165, 1.54) is 24.0 Å². The molecule has 1 saturated heterocycles. The van der Waals surface area contributed by atoms with Crippen molar-refractivity contribution < 1.29 is 32.6 Å². The van der Waals surface area contributed by atoms with Crippen molar-refractivity contribution in [2.45, 2.75) is 32.4 Å². The molecule has 1 aromatic rings. The topological polar surface area (TPSA) is 88.2 Å². The summed E-state index contributed by atoms with van der Waals surface area (Å²) in [6.07, 6.45) is 0.419. The highest BCUT2D eigenvalue weighted by atomic mass is 19.1. The minimum Gasteiger partial charge on any atom is -0.468 e. The number of anilines is 1. The molecule has 166 valence electrons. The van der Waals surface area contributed by atoms with E-state index in [2.05, 4.69) is 5.32 Å². The summed E-state index contributed by atoms with van der Waals surface area (Å²) < 4.78 is 36.7. The largest absolute Gasteiger partial charge is 0.468 e. The number of nitrogens with one attached hydrogen (secondary N) is 1. The number of ether oxygens (including phenoxy) is 2. The first-order valence-corrected chi connectivity index (χ1v) is 9.60. The number of carbonyl (C=O) groups is 3. The normalized spacial score (nSPS) is 16.0. The number of rotatable bonds is 9. The molecule has 0 aliphatic carbocycles. The van der Waals surface area contributed by atoms with E-state index in [1.54, 1.807) is 0 Å². The van der Waals surface area contributed by atoms with Gasteiger partial charge in [-0.1, -0.05) is 13.8 Å². The Labute approximate surface area is 174 Å². The predicted molar refractivity (Wildman–Crippen MR) is 105 cm³/mol. The van der Waals surface area contributed by atoms with E-state index in [-0.39, 0.29) is 31.2 Å². The maximum Gasteiger partial charge on any atom is 0.324 e. The zero-order valence-electron chi connectivity index (χ0n) is 17.5. The minimum atomic E-state index is -0.981. The van der Waals surface area contributed by atoms with E-state index in [9.17, 15) is 23.2 Å². The molecule has 30 heavy (non-hydrogen) atoms. The molecule has 2 amide bonds. The number of urea groups is 1. The van der Waals surface area contributed by atoms with Crippen LogP contribution in [0.3, 0.4) is 0 Å². The van der Waals surface area contributed by atoms with E-state index in [0.717, 1.165) is 18.2 Å². The van der Waals surface area contributed by atoms with Gasteiger partial charge in [-0.15, -0.1) is 0 Å². The summed E-state index contributed by atoms with van der Waals surface area (Å²) >= 11 is 0. The lowest BCUT2D eigenvalue weighted by atomic mass is 10.0. The summed E-state index contributed by atoms with van der Waals surface area (Å²) in [5.41, 5.74) is 0.0924. The molecular formula is C20H27F2N3O5. The first-order chi connectivity index (χ1) is 14.2. The van der Waals surface area contributed by atoms with Gasteiger partial charge in [0.2, 0.25) is 0 Å². The molecule has 2 atom stereocenters. The van der Waals surface area contributed by atoms with Crippen LogP contribution in [-0.2, 0) is 19.1 Å². The molecule has 0 unspecified atom stereocenters. The maximum atomic E-state index is 13.5. The van der Waals surface area contributed by atoms with E-state index >= 15 is 0 Å². The van der Waals surface area contributed by atoms with E-state index < -0.39 is 41.7 Å². The van der Waals surface area contributed by atoms with Crippen molar-refractivity contribution in [3.63, 3.8) is 0 Å². The molecule has 0 spiro atoms. The predicted octanol–water partition coefficient (Wildman–Crippen LogP) is 1.93. The van der Waals surface area contributed by atoms with Gasteiger partial charge >= 0.3 is 18.0 Å². The average Bonchev–Trinajstić information content (AvgIpc) is 3.04. The number of carbonyl (C=O) groups excluding carboxylic acids is 3. The standard InChI is InChI=1S/C20H27F2N3O5/c1-12(2)7-16(18(26)29-3)23-17(19(27)30-4)11-24-5-6-25(20(24)28)15-9-13(21)8-14(22)10-15/h8-10,12,16-17,23H,5-7,11H2,1-4H3/t16-,17-/m0/s1. The monoisotopic (exact) mass is 427 g/mol. The molecule has 10 heteroatoms. The summed E-state index contributed by atoms with van der Waals surface area (Å²) in [6, 6.07) is 0.610. The highest BCUT2D eigenvalue weighted by Crippen LogP contribution is 2.23. The maximum absolute atomic E-state index is 13.5. The lowest BCUT2D eigenvalue weighted by molar-refractivity contribution is -0.147. The molecule has 0 saturated carbocycles. The van der Waals surface area contributed by atoms with Crippen LogP contribution in [-0.4, -0.2) is 68.8 Å². The van der Waals surface area contributed by atoms with Gasteiger partial charge in [-0.05, 0) is 24.5 Å². The zero-order chi connectivity index (χ0) is 22.4. The zero-order valence-corrected chi connectivity index (χ0v) is 17.5. The summed E-state index contributed by atoms with van der Waals surface area (Å²) in [6.45, 7) is 4.20. The lowest BCUT2D eigenvalue weighted by Crippen LogP contribution is -2.53. The second kappa shape index (κ2) is 10.3. The van der Waals surface area contributed by atoms with Crippen molar-refractivity contribution >= 4 is 23.7 Å². The second-order valence-electron chi connectivity index (χ2n) is 7.46. The van der Waals surface area contributed by atoms with Crippen molar-refractivity contribution in [2.75, 3.05) is 38.8 Å². The van der Waals surface area contributed by atoms with Crippen LogP contribution < -0.4 is 10.2 Å². The van der Waals surface area contributed by atoms with Gasteiger partial charge in [0.05, 0.1) is 19.9 Å². The Kier molecular flexibility index (Phi) is 8.10. The fraction of sp³-hybridized carbons (Fsp3) is 0.550. The molecule has 8 nitrogen and oxygen atoms in total. The van der Waals surface area contributed by atoms with Crippen molar-refractivity contribution in [3.05, 3.63) is 29.8 Å². The minimum absolute atomic E-state index is 0.0780. The van der Waals surface area contributed by atoms with Crippen LogP contribution in [0.4, 0.5) is 19.3 Å². The molecule has 1 aliphatic rings. The van der Waals surface area contributed by atoms with Gasteiger partial charge < -0.3 is 14.4 Å². The molecular weight excluding hydrogens is 400 g/mol. The van der Waals surface area contributed by atoms with Crippen molar-refractivity contribution in [3.8, 4) is 0 Å². The Morgan fingerprint density at radius 1 is 1.03 bits per heavy atom. The summed E-state index contributed by atoms with van der Waals surface area (Å²) in [5.74, 6) is -2.61. The number of hydrogen-bond acceptors (Lipinski definition) is 6. The average molecular weight is 427 g/mol. The quantitative estimate of drug-likeness (QED) is 0.606. The number of nitrogens with zero attached hydrogens (tertiary/aromatic N) is 2. The second-order valence-corrected chi connectivity index (χ2v) is 7.46. The Bertz CT molecular complexity index is 769. The molecule has 2 rings (SSSR count). The van der Waals surface area contributed by atoms with Crippen molar-refractivity contribution in [2.24, 2.45) is 5.92 Å². The van der Waals surface area contributed by atoms with Gasteiger partial charge in [-0.25, -0.2) is 13.6 Å². The molecule has 1 aromatic carbocycles. The first kappa shape index (κ1) is 23.5.